The Morgan fingerprint density at radius 3 is 2.59 bits per heavy atom. The Morgan fingerprint density at radius 1 is 1.35 bits per heavy atom. The molecule has 1 aliphatic rings. The average Bonchev–Trinajstić information content (AvgIpc) is 2.27. The van der Waals surface area contributed by atoms with E-state index in [4.69, 9.17) is 9.47 Å². The second kappa shape index (κ2) is 5.25. The monoisotopic (exact) mass is 346 g/mol. The molecule has 1 aliphatic carbocycles. The predicted octanol–water partition coefficient (Wildman–Crippen LogP) is 2.97. The predicted molar refractivity (Wildman–Crippen MR) is 73.2 cm³/mol. The van der Waals surface area contributed by atoms with E-state index in [0.717, 1.165) is 22.2 Å². The first-order valence-electron chi connectivity index (χ1n) is 5.57. The second-order valence-electron chi connectivity index (χ2n) is 4.28. The van der Waals surface area contributed by atoms with E-state index in [1.54, 1.807) is 7.11 Å². The van der Waals surface area contributed by atoms with Crippen LogP contribution >= 0.6 is 22.6 Å². The number of esters is 1. The maximum absolute atomic E-state index is 11.3. The molecule has 17 heavy (non-hydrogen) atoms. The van der Waals surface area contributed by atoms with Crippen molar-refractivity contribution in [3.8, 4) is 5.75 Å². The summed E-state index contributed by atoms with van der Waals surface area (Å²) in [5, 5.41) is 0. The van der Waals surface area contributed by atoms with Gasteiger partial charge in [0.2, 0.25) is 0 Å². The smallest absolute Gasteiger partial charge is 0.308 e. The SMILES string of the molecule is COC(=O)C1CC(c2ccc(OC)c(I)c2)C1. The summed E-state index contributed by atoms with van der Waals surface area (Å²) in [6, 6.07) is 6.21. The molecule has 0 unspecified atom stereocenters. The van der Waals surface area contributed by atoms with Crippen molar-refractivity contribution in [1.82, 2.24) is 0 Å². The minimum absolute atomic E-state index is 0.0792. The molecule has 0 aromatic heterocycles. The molecule has 0 heterocycles. The number of hydrogen-bond acceptors (Lipinski definition) is 3. The second-order valence-corrected chi connectivity index (χ2v) is 5.44. The number of ether oxygens (including phenoxy) is 2. The molecular formula is C13H15IO3. The fourth-order valence-corrected chi connectivity index (χ4v) is 2.95. The third-order valence-corrected chi connectivity index (χ3v) is 4.16. The quantitative estimate of drug-likeness (QED) is 0.624. The molecule has 1 saturated carbocycles. The lowest BCUT2D eigenvalue weighted by atomic mass is 9.71. The van der Waals surface area contributed by atoms with Gasteiger partial charge in [0.05, 0.1) is 23.7 Å². The molecule has 2 rings (SSSR count). The fourth-order valence-electron chi connectivity index (χ4n) is 2.19. The van der Waals surface area contributed by atoms with Gasteiger partial charge >= 0.3 is 5.97 Å². The number of carbonyl (C=O) groups is 1. The van der Waals surface area contributed by atoms with E-state index in [-0.39, 0.29) is 11.9 Å². The molecule has 1 aromatic carbocycles. The number of benzene rings is 1. The van der Waals surface area contributed by atoms with E-state index in [1.807, 2.05) is 6.07 Å². The molecule has 3 nitrogen and oxygen atoms in total. The van der Waals surface area contributed by atoms with Crippen molar-refractivity contribution in [2.75, 3.05) is 14.2 Å². The van der Waals surface area contributed by atoms with E-state index in [2.05, 4.69) is 34.7 Å². The minimum atomic E-state index is -0.0792. The Hall–Kier alpha value is -0.780. The van der Waals surface area contributed by atoms with Crippen molar-refractivity contribution in [1.29, 1.82) is 0 Å². The molecule has 92 valence electrons. The van der Waals surface area contributed by atoms with E-state index < -0.39 is 0 Å². The molecule has 0 N–H and O–H groups in total. The van der Waals surface area contributed by atoms with E-state index >= 15 is 0 Å². The third-order valence-electron chi connectivity index (χ3n) is 3.32. The molecule has 0 amide bonds. The zero-order valence-corrected chi connectivity index (χ0v) is 12.1. The first kappa shape index (κ1) is 12.7. The molecule has 0 saturated heterocycles. The highest BCUT2D eigenvalue weighted by Gasteiger charge is 2.36. The summed E-state index contributed by atoms with van der Waals surface area (Å²) in [7, 11) is 3.12. The molecule has 1 fully saturated rings. The Balaban J connectivity index is 2.02. The molecule has 0 atom stereocenters. The fraction of sp³-hybridized carbons (Fsp3) is 0.462. The van der Waals surface area contributed by atoms with Gasteiger partial charge in [0, 0.05) is 0 Å². The van der Waals surface area contributed by atoms with Crippen LogP contribution in [-0.2, 0) is 9.53 Å². The van der Waals surface area contributed by atoms with Crippen molar-refractivity contribution < 1.29 is 14.3 Å². The molecule has 0 aliphatic heterocycles. The summed E-state index contributed by atoms with van der Waals surface area (Å²) in [5.74, 6) is 1.39. The van der Waals surface area contributed by atoms with Gasteiger partial charge in [-0.3, -0.25) is 4.79 Å². The highest BCUT2D eigenvalue weighted by Crippen LogP contribution is 2.43. The number of hydrogen-bond donors (Lipinski definition) is 0. The van der Waals surface area contributed by atoms with Gasteiger partial charge in [0.25, 0.3) is 0 Å². The summed E-state index contributed by atoms with van der Waals surface area (Å²) in [4.78, 5) is 11.3. The highest BCUT2D eigenvalue weighted by molar-refractivity contribution is 14.1. The zero-order chi connectivity index (χ0) is 12.4. The largest absolute Gasteiger partial charge is 0.496 e. The first-order chi connectivity index (χ1) is 8.15. The summed E-state index contributed by atoms with van der Waals surface area (Å²) >= 11 is 2.27. The molecule has 1 aromatic rings. The number of carbonyl (C=O) groups excluding carboxylic acids is 1. The third kappa shape index (κ3) is 2.56. The molecule has 0 spiro atoms. The normalized spacial score (nSPS) is 22.8. The lowest BCUT2D eigenvalue weighted by Crippen LogP contribution is -2.29. The first-order valence-corrected chi connectivity index (χ1v) is 6.64. The van der Waals surface area contributed by atoms with Crippen LogP contribution in [0.15, 0.2) is 18.2 Å². The van der Waals surface area contributed by atoms with Crippen LogP contribution in [0.25, 0.3) is 0 Å². The topological polar surface area (TPSA) is 35.5 Å². The van der Waals surface area contributed by atoms with Gasteiger partial charge in [-0.1, -0.05) is 6.07 Å². The van der Waals surface area contributed by atoms with Gasteiger partial charge in [-0.05, 0) is 59.0 Å². The van der Waals surface area contributed by atoms with Crippen LogP contribution in [0.5, 0.6) is 5.75 Å². The van der Waals surface area contributed by atoms with Crippen molar-refractivity contribution in [3.63, 3.8) is 0 Å². The van der Waals surface area contributed by atoms with E-state index in [9.17, 15) is 4.79 Å². The van der Waals surface area contributed by atoms with Crippen LogP contribution in [0, 0.1) is 9.49 Å². The Labute approximate surface area is 115 Å². The molecule has 0 radical (unpaired) electrons. The summed E-state index contributed by atoms with van der Waals surface area (Å²) in [5.41, 5.74) is 1.29. The lowest BCUT2D eigenvalue weighted by Gasteiger charge is -2.33. The Morgan fingerprint density at radius 2 is 2.06 bits per heavy atom. The number of methoxy groups -OCH3 is 2. The lowest BCUT2D eigenvalue weighted by molar-refractivity contribution is -0.148. The maximum Gasteiger partial charge on any atom is 0.308 e. The van der Waals surface area contributed by atoms with Gasteiger partial charge in [-0.15, -0.1) is 0 Å². The van der Waals surface area contributed by atoms with Crippen LogP contribution in [0.1, 0.15) is 24.3 Å². The van der Waals surface area contributed by atoms with Crippen LogP contribution < -0.4 is 4.74 Å². The molecule has 4 heteroatoms. The Kier molecular flexibility index (Phi) is 3.91. The number of halogens is 1. The summed E-state index contributed by atoms with van der Waals surface area (Å²) < 4.78 is 11.1. The van der Waals surface area contributed by atoms with Crippen molar-refractivity contribution in [3.05, 3.63) is 27.3 Å². The van der Waals surface area contributed by atoms with Crippen molar-refractivity contribution >= 4 is 28.6 Å². The van der Waals surface area contributed by atoms with Crippen LogP contribution in [0.4, 0.5) is 0 Å². The van der Waals surface area contributed by atoms with Gasteiger partial charge in [-0.2, -0.15) is 0 Å². The average molecular weight is 346 g/mol. The van der Waals surface area contributed by atoms with Crippen molar-refractivity contribution in [2.45, 2.75) is 18.8 Å². The maximum atomic E-state index is 11.3. The highest BCUT2D eigenvalue weighted by atomic mass is 127. The molecule has 0 bridgehead atoms. The van der Waals surface area contributed by atoms with E-state index in [0.29, 0.717) is 5.92 Å². The number of rotatable bonds is 3. The van der Waals surface area contributed by atoms with Gasteiger partial charge in [0.1, 0.15) is 5.75 Å². The standard InChI is InChI=1S/C13H15IO3/c1-16-12-4-3-8(7-11(12)14)9-5-10(6-9)13(15)17-2/h3-4,7,9-10H,5-6H2,1-2H3. The molecular weight excluding hydrogens is 331 g/mol. The Bertz CT molecular complexity index is 425. The van der Waals surface area contributed by atoms with Gasteiger partial charge < -0.3 is 9.47 Å². The van der Waals surface area contributed by atoms with Crippen LogP contribution in [-0.4, -0.2) is 20.2 Å². The van der Waals surface area contributed by atoms with Gasteiger partial charge in [0.15, 0.2) is 0 Å². The zero-order valence-electron chi connectivity index (χ0n) is 9.90. The van der Waals surface area contributed by atoms with E-state index in [1.165, 1.54) is 12.7 Å². The van der Waals surface area contributed by atoms with Gasteiger partial charge in [-0.25, -0.2) is 0 Å². The minimum Gasteiger partial charge on any atom is -0.496 e. The summed E-state index contributed by atoms with van der Waals surface area (Å²) in [6.45, 7) is 0. The van der Waals surface area contributed by atoms with Crippen LogP contribution in [0.2, 0.25) is 0 Å². The van der Waals surface area contributed by atoms with Crippen molar-refractivity contribution in [2.24, 2.45) is 5.92 Å². The summed E-state index contributed by atoms with van der Waals surface area (Å²) in [6.07, 6.45) is 1.80. The van der Waals surface area contributed by atoms with Crippen LogP contribution in [0.3, 0.4) is 0 Å².